The molecule has 1 rings (SSSR count). The molecule has 0 aromatic heterocycles. The molecule has 1 amide bonds. The lowest BCUT2D eigenvalue weighted by Gasteiger charge is -2.30. The molecular weight excluding hydrogens is 214 g/mol. The molecule has 0 heterocycles. The Morgan fingerprint density at radius 3 is 2.59 bits per heavy atom. The van der Waals surface area contributed by atoms with Gasteiger partial charge in [0.15, 0.2) is 0 Å². The minimum Gasteiger partial charge on any atom is -0.399 e. The summed E-state index contributed by atoms with van der Waals surface area (Å²) in [6.07, 6.45) is 0.358. The maximum atomic E-state index is 11.0. The molecule has 1 aromatic rings. The van der Waals surface area contributed by atoms with Gasteiger partial charge >= 0.3 is 0 Å². The third-order valence-corrected chi connectivity index (χ3v) is 2.95. The molecule has 0 aliphatic heterocycles. The molecular formula is C13H21N3O. The van der Waals surface area contributed by atoms with Crippen LogP contribution in [0, 0.1) is 6.92 Å². The van der Waals surface area contributed by atoms with Crippen LogP contribution >= 0.6 is 0 Å². The summed E-state index contributed by atoms with van der Waals surface area (Å²) in [5.41, 5.74) is 13.9. The topological polar surface area (TPSA) is 72.3 Å². The van der Waals surface area contributed by atoms with Crippen LogP contribution in [0.3, 0.4) is 0 Å². The van der Waals surface area contributed by atoms with Crippen molar-refractivity contribution in [1.82, 2.24) is 0 Å². The van der Waals surface area contributed by atoms with Crippen molar-refractivity contribution < 1.29 is 4.79 Å². The minimum absolute atomic E-state index is 0.0977. The molecule has 4 N–H and O–H groups in total. The summed E-state index contributed by atoms with van der Waals surface area (Å²) in [4.78, 5) is 13.1. The van der Waals surface area contributed by atoms with E-state index in [0.29, 0.717) is 6.42 Å². The molecule has 0 saturated carbocycles. The lowest BCUT2D eigenvalue weighted by Crippen LogP contribution is -2.36. The van der Waals surface area contributed by atoms with Crippen LogP contribution in [0.25, 0.3) is 0 Å². The summed E-state index contributed by atoms with van der Waals surface area (Å²) in [5, 5.41) is 0. The Balaban J connectivity index is 2.92. The molecule has 1 aromatic carbocycles. The monoisotopic (exact) mass is 235 g/mol. The number of benzene rings is 1. The van der Waals surface area contributed by atoms with Crippen LogP contribution in [-0.2, 0) is 4.79 Å². The maximum absolute atomic E-state index is 11.0. The van der Waals surface area contributed by atoms with Crippen molar-refractivity contribution >= 4 is 17.3 Å². The summed E-state index contributed by atoms with van der Waals surface area (Å²) in [6.45, 7) is 6.87. The van der Waals surface area contributed by atoms with Crippen LogP contribution in [0.1, 0.15) is 25.8 Å². The summed E-state index contributed by atoms with van der Waals surface area (Å²) in [5.74, 6) is -0.275. The van der Waals surface area contributed by atoms with E-state index in [1.54, 1.807) is 0 Å². The van der Waals surface area contributed by atoms with E-state index in [-0.39, 0.29) is 11.9 Å². The number of nitrogens with two attached hydrogens (primary N) is 2. The largest absolute Gasteiger partial charge is 0.399 e. The van der Waals surface area contributed by atoms with Gasteiger partial charge in [-0.2, -0.15) is 0 Å². The fourth-order valence-electron chi connectivity index (χ4n) is 1.99. The number of anilines is 2. The summed E-state index contributed by atoms with van der Waals surface area (Å²) >= 11 is 0. The van der Waals surface area contributed by atoms with E-state index in [4.69, 9.17) is 11.5 Å². The molecule has 0 saturated heterocycles. The average Bonchev–Trinajstić information content (AvgIpc) is 2.23. The molecule has 0 radical (unpaired) electrons. The van der Waals surface area contributed by atoms with Gasteiger partial charge in [-0.1, -0.05) is 0 Å². The Kier molecular flexibility index (Phi) is 4.37. The molecule has 0 aliphatic carbocycles. The summed E-state index contributed by atoms with van der Waals surface area (Å²) < 4.78 is 0. The number of amides is 1. The molecule has 1 unspecified atom stereocenters. The number of primary amides is 1. The van der Waals surface area contributed by atoms with Gasteiger partial charge in [0.1, 0.15) is 0 Å². The van der Waals surface area contributed by atoms with Gasteiger partial charge in [-0.05, 0) is 44.5 Å². The number of hydrogen-bond acceptors (Lipinski definition) is 3. The van der Waals surface area contributed by atoms with Crippen molar-refractivity contribution in [3.8, 4) is 0 Å². The van der Waals surface area contributed by atoms with E-state index in [0.717, 1.165) is 23.5 Å². The van der Waals surface area contributed by atoms with E-state index in [1.807, 2.05) is 32.0 Å². The van der Waals surface area contributed by atoms with Gasteiger partial charge in [0.2, 0.25) is 5.91 Å². The second-order valence-corrected chi connectivity index (χ2v) is 4.35. The quantitative estimate of drug-likeness (QED) is 0.762. The highest BCUT2D eigenvalue weighted by Crippen LogP contribution is 2.22. The first-order valence-electron chi connectivity index (χ1n) is 5.86. The number of nitrogens with zero attached hydrogens (tertiary/aromatic N) is 1. The summed E-state index contributed by atoms with van der Waals surface area (Å²) in [7, 11) is 0. The SMILES string of the molecule is CCN(c1ccc(N)c(C)c1)C(C)CC(N)=O. The second-order valence-electron chi connectivity index (χ2n) is 4.35. The normalized spacial score (nSPS) is 12.2. The van der Waals surface area contributed by atoms with Gasteiger partial charge in [-0.15, -0.1) is 0 Å². The average molecular weight is 235 g/mol. The zero-order chi connectivity index (χ0) is 13.0. The Morgan fingerprint density at radius 2 is 2.12 bits per heavy atom. The Morgan fingerprint density at radius 1 is 1.47 bits per heavy atom. The number of aryl methyl sites for hydroxylation is 1. The van der Waals surface area contributed by atoms with Crippen LogP contribution < -0.4 is 16.4 Å². The van der Waals surface area contributed by atoms with Crippen molar-refractivity contribution in [2.75, 3.05) is 17.2 Å². The summed E-state index contributed by atoms with van der Waals surface area (Å²) in [6, 6.07) is 6.00. The highest BCUT2D eigenvalue weighted by molar-refractivity contribution is 5.75. The predicted molar refractivity (Wildman–Crippen MR) is 71.9 cm³/mol. The van der Waals surface area contributed by atoms with E-state index >= 15 is 0 Å². The number of rotatable bonds is 5. The standard InChI is InChI=1S/C13H21N3O/c1-4-16(10(3)8-13(15)17)11-5-6-12(14)9(2)7-11/h5-7,10H,4,8,14H2,1-3H3,(H2,15,17). The zero-order valence-corrected chi connectivity index (χ0v) is 10.7. The van der Waals surface area contributed by atoms with Gasteiger partial charge in [-0.3, -0.25) is 4.79 Å². The van der Waals surface area contributed by atoms with Gasteiger partial charge in [0, 0.05) is 30.4 Å². The van der Waals surface area contributed by atoms with Crippen LogP contribution in [0.2, 0.25) is 0 Å². The van der Waals surface area contributed by atoms with E-state index < -0.39 is 0 Å². The minimum atomic E-state index is -0.275. The molecule has 4 heteroatoms. The predicted octanol–water partition coefficient (Wildman–Crippen LogP) is 1.67. The molecule has 1 atom stereocenters. The maximum Gasteiger partial charge on any atom is 0.219 e. The van der Waals surface area contributed by atoms with Gasteiger partial charge in [-0.25, -0.2) is 0 Å². The second kappa shape index (κ2) is 5.57. The van der Waals surface area contributed by atoms with Gasteiger partial charge < -0.3 is 16.4 Å². The van der Waals surface area contributed by atoms with Crippen LogP contribution in [0.5, 0.6) is 0 Å². The van der Waals surface area contributed by atoms with Crippen molar-refractivity contribution in [2.45, 2.75) is 33.2 Å². The van der Waals surface area contributed by atoms with Crippen LogP contribution in [0.15, 0.2) is 18.2 Å². The lowest BCUT2D eigenvalue weighted by atomic mass is 10.1. The van der Waals surface area contributed by atoms with Crippen molar-refractivity contribution in [2.24, 2.45) is 5.73 Å². The lowest BCUT2D eigenvalue weighted by molar-refractivity contribution is -0.118. The van der Waals surface area contributed by atoms with E-state index in [2.05, 4.69) is 11.8 Å². The molecule has 94 valence electrons. The highest BCUT2D eigenvalue weighted by Gasteiger charge is 2.15. The first-order chi connectivity index (χ1) is 7.95. The Bertz CT molecular complexity index is 404. The van der Waals surface area contributed by atoms with Gasteiger partial charge in [0.25, 0.3) is 0 Å². The number of carbonyl (C=O) groups excluding carboxylic acids is 1. The van der Waals surface area contributed by atoms with Crippen molar-refractivity contribution in [1.29, 1.82) is 0 Å². The zero-order valence-electron chi connectivity index (χ0n) is 10.7. The van der Waals surface area contributed by atoms with E-state index in [9.17, 15) is 4.79 Å². The Labute approximate surface area is 103 Å². The fraction of sp³-hybridized carbons (Fsp3) is 0.462. The van der Waals surface area contributed by atoms with Crippen molar-refractivity contribution in [3.05, 3.63) is 23.8 Å². The third-order valence-electron chi connectivity index (χ3n) is 2.95. The van der Waals surface area contributed by atoms with Crippen molar-refractivity contribution in [3.63, 3.8) is 0 Å². The molecule has 0 aliphatic rings. The smallest absolute Gasteiger partial charge is 0.219 e. The Hall–Kier alpha value is -1.71. The van der Waals surface area contributed by atoms with E-state index in [1.165, 1.54) is 0 Å². The first-order valence-corrected chi connectivity index (χ1v) is 5.86. The number of hydrogen-bond donors (Lipinski definition) is 2. The van der Waals surface area contributed by atoms with Crippen LogP contribution in [0.4, 0.5) is 11.4 Å². The molecule has 0 fully saturated rings. The third kappa shape index (κ3) is 3.37. The molecule has 17 heavy (non-hydrogen) atoms. The molecule has 0 spiro atoms. The fourth-order valence-corrected chi connectivity index (χ4v) is 1.99. The van der Waals surface area contributed by atoms with Gasteiger partial charge in [0.05, 0.1) is 0 Å². The number of nitrogen functional groups attached to an aromatic ring is 1. The molecule has 0 bridgehead atoms. The first kappa shape index (κ1) is 13.4. The highest BCUT2D eigenvalue weighted by atomic mass is 16.1. The number of carbonyl (C=O) groups is 1. The molecule has 4 nitrogen and oxygen atoms in total. The van der Waals surface area contributed by atoms with Crippen LogP contribution in [-0.4, -0.2) is 18.5 Å².